The number of nitrogens with one attached hydrogen (secondary N) is 2. The van der Waals surface area contributed by atoms with E-state index in [0.717, 1.165) is 5.56 Å². The average molecular weight is 466 g/mol. The van der Waals surface area contributed by atoms with E-state index in [1.165, 1.54) is 9.47 Å². The van der Waals surface area contributed by atoms with Crippen LogP contribution < -0.4 is 16.2 Å². The molecule has 3 amide bonds. The summed E-state index contributed by atoms with van der Waals surface area (Å²) in [7, 11) is 0. The number of anilines is 1. The van der Waals surface area contributed by atoms with Gasteiger partial charge in [-0.2, -0.15) is 0 Å². The second-order valence-electron chi connectivity index (χ2n) is 9.11. The van der Waals surface area contributed by atoms with Crippen LogP contribution in [0.3, 0.4) is 0 Å². The van der Waals surface area contributed by atoms with Crippen LogP contribution in [0, 0.1) is 6.92 Å². The molecule has 1 aromatic heterocycles. The topological polar surface area (TPSA) is 117 Å². The van der Waals surface area contributed by atoms with Crippen molar-refractivity contribution in [1.29, 1.82) is 0 Å². The molecule has 0 aliphatic heterocycles. The van der Waals surface area contributed by atoms with Gasteiger partial charge in [0.25, 0.3) is 5.56 Å². The molecule has 9 heteroatoms. The molecular weight excluding hydrogens is 434 g/mol. The van der Waals surface area contributed by atoms with E-state index in [2.05, 4.69) is 10.6 Å². The molecule has 0 aliphatic carbocycles. The van der Waals surface area contributed by atoms with Crippen LogP contribution in [0.4, 0.5) is 15.3 Å². The standard InChI is InChI=1S/C25H31N5O4/c1-7-26-23(32)27-17-11-9-12-18(14-17)29-21(16(3)30(24(33)34)25(4,5)6)28-19-13-8-10-15(2)20(19)22(29)31/h8-14,16H,7H2,1-6H3,(H,33,34)(H2,26,27,32). The summed E-state index contributed by atoms with van der Waals surface area (Å²) in [6.45, 7) is 11.2. The summed E-state index contributed by atoms with van der Waals surface area (Å²) in [6, 6.07) is 11.1. The quantitative estimate of drug-likeness (QED) is 0.506. The molecule has 1 unspecified atom stereocenters. The van der Waals surface area contributed by atoms with Gasteiger partial charge in [-0.25, -0.2) is 14.6 Å². The van der Waals surface area contributed by atoms with Gasteiger partial charge in [-0.1, -0.05) is 18.2 Å². The molecule has 0 bridgehead atoms. The summed E-state index contributed by atoms with van der Waals surface area (Å²) in [4.78, 5) is 44.1. The summed E-state index contributed by atoms with van der Waals surface area (Å²) in [5.41, 5.74) is 1.18. The highest BCUT2D eigenvalue weighted by atomic mass is 16.4. The van der Waals surface area contributed by atoms with Gasteiger partial charge in [0.05, 0.1) is 22.6 Å². The van der Waals surface area contributed by atoms with Crippen molar-refractivity contribution in [2.45, 2.75) is 53.1 Å². The molecule has 34 heavy (non-hydrogen) atoms. The van der Waals surface area contributed by atoms with Crippen LogP contribution in [-0.2, 0) is 0 Å². The zero-order valence-electron chi connectivity index (χ0n) is 20.3. The van der Waals surface area contributed by atoms with Crippen molar-refractivity contribution in [3.05, 3.63) is 64.2 Å². The lowest BCUT2D eigenvalue weighted by atomic mass is 10.0. The number of carboxylic acid groups (broad SMARTS) is 1. The predicted octanol–water partition coefficient (Wildman–Crippen LogP) is 4.68. The van der Waals surface area contributed by atoms with Crippen molar-refractivity contribution < 1.29 is 14.7 Å². The highest BCUT2D eigenvalue weighted by Gasteiger charge is 2.34. The molecule has 180 valence electrons. The van der Waals surface area contributed by atoms with Gasteiger partial charge in [0.2, 0.25) is 0 Å². The van der Waals surface area contributed by atoms with E-state index >= 15 is 0 Å². The molecule has 3 N–H and O–H groups in total. The maximum Gasteiger partial charge on any atom is 0.408 e. The predicted molar refractivity (Wildman–Crippen MR) is 133 cm³/mol. The number of benzene rings is 2. The molecular formula is C25H31N5O4. The van der Waals surface area contributed by atoms with Crippen LogP contribution in [-0.4, -0.2) is 43.8 Å². The zero-order chi connectivity index (χ0) is 25.2. The van der Waals surface area contributed by atoms with E-state index in [0.29, 0.717) is 28.8 Å². The number of amides is 3. The van der Waals surface area contributed by atoms with E-state index in [4.69, 9.17) is 4.98 Å². The lowest BCUT2D eigenvalue weighted by molar-refractivity contribution is 0.0719. The van der Waals surface area contributed by atoms with Crippen LogP contribution in [0.1, 0.15) is 52.0 Å². The minimum absolute atomic E-state index is 0.288. The van der Waals surface area contributed by atoms with E-state index in [9.17, 15) is 19.5 Å². The first-order valence-corrected chi connectivity index (χ1v) is 11.2. The fraction of sp³-hybridized carbons (Fsp3) is 0.360. The molecule has 0 saturated heterocycles. The molecule has 0 radical (unpaired) electrons. The third kappa shape index (κ3) is 4.88. The van der Waals surface area contributed by atoms with Gasteiger partial charge in [0.15, 0.2) is 0 Å². The van der Waals surface area contributed by atoms with Gasteiger partial charge in [-0.3, -0.25) is 14.3 Å². The number of carbonyl (C=O) groups excluding carboxylic acids is 1. The summed E-state index contributed by atoms with van der Waals surface area (Å²) >= 11 is 0. The number of hydrogen-bond acceptors (Lipinski definition) is 4. The molecule has 3 rings (SSSR count). The van der Waals surface area contributed by atoms with Crippen molar-refractivity contribution in [3.8, 4) is 5.69 Å². The summed E-state index contributed by atoms with van der Waals surface area (Å²) in [6.07, 6.45) is -1.11. The first-order chi connectivity index (χ1) is 16.0. The molecule has 1 atom stereocenters. The van der Waals surface area contributed by atoms with Gasteiger partial charge >= 0.3 is 12.1 Å². The van der Waals surface area contributed by atoms with Crippen molar-refractivity contribution in [2.75, 3.05) is 11.9 Å². The monoisotopic (exact) mass is 465 g/mol. The van der Waals surface area contributed by atoms with Crippen LogP contribution in [0.15, 0.2) is 47.3 Å². The number of aromatic nitrogens is 2. The normalized spacial score (nSPS) is 12.3. The Hall–Kier alpha value is -3.88. The minimum Gasteiger partial charge on any atom is -0.465 e. The molecule has 0 aliphatic rings. The lowest BCUT2D eigenvalue weighted by Crippen LogP contribution is -2.47. The Kier molecular flexibility index (Phi) is 6.95. The molecule has 0 spiro atoms. The Morgan fingerprint density at radius 3 is 2.47 bits per heavy atom. The van der Waals surface area contributed by atoms with Crippen LogP contribution in [0.5, 0.6) is 0 Å². The fourth-order valence-electron chi connectivity index (χ4n) is 4.15. The minimum atomic E-state index is -1.11. The molecule has 2 aromatic carbocycles. The second kappa shape index (κ2) is 9.54. The number of urea groups is 1. The van der Waals surface area contributed by atoms with E-state index in [1.807, 2.05) is 26.0 Å². The van der Waals surface area contributed by atoms with E-state index < -0.39 is 17.7 Å². The molecule has 9 nitrogen and oxygen atoms in total. The third-order valence-corrected chi connectivity index (χ3v) is 5.52. The summed E-state index contributed by atoms with van der Waals surface area (Å²) in [5, 5.41) is 15.8. The van der Waals surface area contributed by atoms with Crippen LogP contribution in [0.25, 0.3) is 16.6 Å². The lowest BCUT2D eigenvalue weighted by Gasteiger charge is -2.38. The number of fused-ring (bicyclic) bond motifs is 1. The highest BCUT2D eigenvalue weighted by Crippen LogP contribution is 2.29. The Balaban J connectivity index is 2.30. The first-order valence-electron chi connectivity index (χ1n) is 11.2. The fourth-order valence-corrected chi connectivity index (χ4v) is 4.15. The molecule has 0 saturated carbocycles. The number of hydrogen-bond donors (Lipinski definition) is 3. The number of carbonyl (C=O) groups is 2. The first kappa shape index (κ1) is 24.8. The summed E-state index contributed by atoms with van der Waals surface area (Å²) in [5.74, 6) is 0.288. The molecule has 0 fully saturated rings. The Labute approximate surface area is 198 Å². The molecule has 1 heterocycles. The molecule has 3 aromatic rings. The van der Waals surface area contributed by atoms with Gasteiger partial charge in [-0.15, -0.1) is 0 Å². The van der Waals surface area contributed by atoms with Gasteiger partial charge in [0.1, 0.15) is 5.82 Å². The Morgan fingerprint density at radius 1 is 1.18 bits per heavy atom. The van der Waals surface area contributed by atoms with Crippen LogP contribution >= 0.6 is 0 Å². The highest BCUT2D eigenvalue weighted by molar-refractivity contribution is 5.89. The average Bonchev–Trinajstić information content (AvgIpc) is 2.72. The van der Waals surface area contributed by atoms with Crippen LogP contribution in [0.2, 0.25) is 0 Å². The van der Waals surface area contributed by atoms with Crippen molar-refractivity contribution in [2.24, 2.45) is 0 Å². The van der Waals surface area contributed by atoms with Crippen molar-refractivity contribution in [1.82, 2.24) is 19.8 Å². The van der Waals surface area contributed by atoms with E-state index in [1.54, 1.807) is 58.0 Å². The second-order valence-corrected chi connectivity index (χ2v) is 9.11. The number of nitrogens with zero attached hydrogens (tertiary/aromatic N) is 3. The van der Waals surface area contributed by atoms with Crippen molar-refractivity contribution in [3.63, 3.8) is 0 Å². The maximum absolute atomic E-state index is 13.8. The Bertz CT molecular complexity index is 1290. The van der Waals surface area contributed by atoms with E-state index in [-0.39, 0.29) is 17.4 Å². The smallest absolute Gasteiger partial charge is 0.408 e. The maximum atomic E-state index is 13.8. The van der Waals surface area contributed by atoms with Gasteiger partial charge in [-0.05, 0) is 71.4 Å². The van der Waals surface area contributed by atoms with Crippen molar-refractivity contribution >= 4 is 28.7 Å². The largest absolute Gasteiger partial charge is 0.465 e. The Morgan fingerprint density at radius 2 is 1.85 bits per heavy atom. The number of aryl methyl sites for hydroxylation is 1. The van der Waals surface area contributed by atoms with Gasteiger partial charge in [0, 0.05) is 17.8 Å². The summed E-state index contributed by atoms with van der Waals surface area (Å²) < 4.78 is 1.44. The SMILES string of the molecule is CCNC(=O)Nc1cccc(-n2c(C(C)N(C(=O)O)C(C)(C)C)nc3cccc(C)c3c2=O)c1. The van der Waals surface area contributed by atoms with Gasteiger partial charge < -0.3 is 15.7 Å². The number of rotatable bonds is 5. The zero-order valence-corrected chi connectivity index (χ0v) is 20.3. The third-order valence-electron chi connectivity index (χ3n) is 5.52.